The van der Waals surface area contributed by atoms with E-state index >= 15 is 0 Å². The van der Waals surface area contributed by atoms with Crippen LogP contribution in [0.4, 0.5) is 5.69 Å². The van der Waals surface area contributed by atoms with Crippen LogP contribution in [0, 0.1) is 25.2 Å². The van der Waals surface area contributed by atoms with Crippen LogP contribution in [-0.2, 0) is 0 Å². The number of nitrogens with one attached hydrogen (secondary N) is 1. The third kappa shape index (κ3) is 3.86. The van der Waals surface area contributed by atoms with E-state index in [0.717, 1.165) is 21.7 Å². The van der Waals surface area contributed by atoms with E-state index in [1.165, 1.54) is 16.6 Å². The van der Waals surface area contributed by atoms with Crippen molar-refractivity contribution in [2.45, 2.75) is 18.7 Å². The van der Waals surface area contributed by atoms with Crippen molar-refractivity contribution in [1.82, 2.24) is 14.8 Å². The van der Waals surface area contributed by atoms with Crippen LogP contribution in [0.1, 0.15) is 16.8 Å². The summed E-state index contributed by atoms with van der Waals surface area (Å²) in [5.41, 5.74) is 4.70. The number of nitriles is 1. The largest absolute Gasteiger partial charge is 0.493 e. The molecule has 0 aliphatic heterocycles. The first-order valence-corrected chi connectivity index (χ1v) is 10.1. The maximum Gasteiger partial charge on any atom is 0.223 e. The second-order valence-electron chi connectivity index (χ2n) is 6.76. The Kier molecular flexibility index (Phi) is 5.42. The third-order valence-corrected chi connectivity index (χ3v) is 5.64. The van der Waals surface area contributed by atoms with Crippen LogP contribution in [0.2, 0.25) is 0 Å². The Hall–Kier alpha value is -3.76. The minimum absolute atomic E-state index is 0.0203. The molecular formula is C23H19N5OS. The number of pyridine rings is 1. The van der Waals surface area contributed by atoms with E-state index in [-0.39, 0.29) is 5.88 Å². The summed E-state index contributed by atoms with van der Waals surface area (Å²) in [4.78, 5) is 5.48. The van der Waals surface area contributed by atoms with Gasteiger partial charge in [0, 0.05) is 16.8 Å². The Morgan fingerprint density at radius 3 is 2.47 bits per heavy atom. The van der Waals surface area contributed by atoms with Crippen LogP contribution >= 0.6 is 11.9 Å². The highest BCUT2D eigenvalue weighted by atomic mass is 32.2. The Labute approximate surface area is 179 Å². The summed E-state index contributed by atoms with van der Waals surface area (Å²) in [6.45, 7) is 3.83. The standard InChI is InChI=1S/C23H19N5OS/c1-15-12-21(25-14-20(15)30-27-19-6-4-3-5-7-19)28-23(29)22(16(2)26-28)18-10-8-17(13-24)9-11-18/h3-12,14,27,29H,1-2H3. The molecule has 7 heteroatoms. The molecule has 148 valence electrons. The van der Waals surface area contributed by atoms with E-state index in [0.29, 0.717) is 22.6 Å². The molecule has 0 amide bonds. The van der Waals surface area contributed by atoms with E-state index < -0.39 is 0 Å². The van der Waals surface area contributed by atoms with E-state index in [1.807, 2.05) is 50.2 Å². The fourth-order valence-corrected chi connectivity index (χ4v) is 3.78. The highest BCUT2D eigenvalue weighted by molar-refractivity contribution is 8.00. The number of aromatic hydroxyl groups is 1. The lowest BCUT2D eigenvalue weighted by molar-refractivity contribution is 0.433. The highest BCUT2D eigenvalue weighted by Crippen LogP contribution is 2.34. The zero-order valence-electron chi connectivity index (χ0n) is 16.5. The molecule has 0 saturated carbocycles. The van der Waals surface area contributed by atoms with Crippen LogP contribution in [-0.4, -0.2) is 19.9 Å². The molecule has 4 rings (SSSR count). The van der Waals surface area contributed by atoms with Gasteiger partial charge in [-0.15, -0.1) is 0 Å². The topological polar surface area (TPSA) is 86.8 Å². The highest BCUT2D eigenvalue weighted by Gasteiger charge is 2.18. The first-order valence-electron chi connectivity index (χ1n) is 9.31. The number of aryl methyl sites for hydroxylation is 2. The molecule has 30 heavy (non-hydrogen) atoms. The number of para-hydroxylation sites is 1. The van der Waals surface area contributed by atoms with Crippen molar-refractivity contribution >= 4 is 17.6 Å². The van der Waals surface area contributed by atoms with Crippen molar-refractivity contribution in [3.8, 4) is 28.9 Å². The first-order chi connectivity index (χ1) is 14.6. The number of hydrogen-bond acceptors (Lipinski definition) is 6. The van der Waals surface area contributed by atoms with Gasteiger partial charge in [-0.1, -0.05) is 30.3 Å². The number of hydrogen-bond donors (Lipinski definition) is 2. The van der Waals surface area contributed by atoms with Gasteiger partial charge in [0.05, 0.1) is 22.9 Å². The number of rotatable bonds is 5. The fraction of sp³-hybridized carbons (Fsp3) is 0.0870. The normalized spacial score (nSPS) is 10.6. The SMILES string of the molecule is Cc1cc(-n2nc(C)c(-c3ccc(C#N)cc3)c2O)ncc1SNc1ccccc1. The van der Waals surface area contributed by atoms with Crippen LogP contribution in [0.3, 0.4) is 0 Å². The van der Waals surface area contributed by atoms with Gasteiger partial charge in [-0.3, -0.25) is 0 Å². The molecule has 0 aliphatic carbocycles. The second-order valence-corrected chi connectivity index (χ2v) is 7.61. The van der Waals surface area contributed by atoms with Crippen LogP contribution in [0.25, 0.3) is 16.9 Å². The Bertz CT molecular complexity index is 1230. The van der Waals surface area contributed by atoms with Gasteiger partial charge in [0.15, 0.2) is 5.82 Å². The molecule has 0 aliphatic rings. The van der Waals surface area contributed by atoms with Crippen LogP contribution < -0.4 is 4.72 Å². The van der Waals surface area contributed by atoms with E-state index in [9.17, 15) is 5.11 Å². The molecular weight excluding hydrogens is 394 g/mol. The summed E-state index contributed by atoms with van der Waals surface area (Å²) in [5, 5.41) is 24.3. The monoisotopic (exact) mass is 413 g/mol. The zero-order valence-corrected chi connectivity index (χ0v) is 17.3. The molecule has 2 N–H and O–H groups in total. The van der Waals surface area contributed by atoms with Crippen molar-refractivity contribution in [2.24, 2.45) is 0 Å². The zero-order chi connectivity index (χ0) is 21.1. The van der Waals surface area contributed by atoms with Crippen molar-refractivity contribution in [1.29, 1.82) is 5.26 Å². The number of nitrogens with zero attached hydrogens (tertiary/aromatic N) is 4. The summed E-state index contributed by atoms with van der Waals surface area (Å²) in [5.74, 6) is 0.559. The van der Waals surface area contributed by atoms with Crippen molar-refractivity contribution in [3.63, 3.8) is 0 Å². The fourth-order valence-electron chi connectivity index (χ4n) is 3.10. The lowest BCUT2D eigenvalue weighted by Crippen LogP contribution is -2.01. The molecule has 2 heterocycles. The molecule has 0 saturated heterocycles. The Balaban J connectivity index is 1.61. The van der Waals surface area contributed by atoms with Crippen molar-refractivity contribution in [2.75, 3.05) is 4.72 Å². The van der Waals surface area contributed by atoms with Gasteiger partial charge in [-0.2, -0.15) is 15.0 Å². The van der Waals surface area contributed by atoms with Gasteiger partial charge in [0.1, 0.15) is 0 Å². The number of benzene rings is 2. The van der Waals surface area contributed by atoms with Crippen LogP contribution in [0.5, 0.6) is 5.88 Å². The predicted molar refractivity (Wildman–Crippen MR) is 119 cm³/mol. The minimum Gasteiger partial charge on any atom is -0.493 e. The molecule has 0 radical (unpaired) electrons. The Morgan fingerprint density at radius 2 is 1.80 bits per heavy atom. The maximum atomic E-state index is 10.8. The average Bonchev–Trinajstić information content (AvgIpc) is 3.07. The molecule has 6 nitrogen and oxygen atoms in total. The molecule has 0 fully saturated rings. The summed E-state index contributed by atoms with van der Waals surface area (Å²) in [7, 11) is 0. The molecule has 0 atom stereocenters. The lowest BCUT2D eigenvalue weighted by Gasteiger charge is -2.10. The summed E-state index contributed by atoms with van der Waals surface area (Å²) < 4.78 is 4.74. The molecule has 0 bridgehead atoms. The molecule has 4 aromatic rings. The van der Waals surface area contributed by atoms with Gasteiger partial charge in [-0.05, 0) is 67.3 Å². The smallest absolute Gasteiger partial charge is 0.223 e. The summed E-state index contributed by atoms with van der Waals surface area (Å²) in [6, 6.07) is 21.0. The van der Waals surface area contributed by atoms with Crippen LogP contribution in [0.15, 0.2) is 71.8 Å². The first kappa shape index (κ1) is 19.6. The molecule has 0 spiro atoms. The van der Waals surface area contributed by atoms with Crippen molar-refractivity contribution < 1.29 is 5.11 Å². The van der Waals surface area contributed by atoms with Gasteiger partial charge in [0.25, 0.3) is 0 Å². The molecule has 0 unspecified atom stereocenters. The Morgan fingerprint density at radius 1 is 1.07 bits per heavy atom. The van der Waals surface area contributed by atoms with E-state index in [2.05, 4.69) is 20.9 Å². The molecule has 2 aromatic heterocycles. The summed E-state index contributed by atoms with van der Waals surface area (Å²) in [6.07, 6.45) is 1.77. The maximum absolute atomic E-state index is 10.8. The van der Waals surface area contributed by atoms with E-state index in [4.69, 9.17) is 5.26 Å². The quantitative estimate of drug-likeness (QED) is 0.435. The number of aromatic nitrogens is 3. The summed E-state index contributed by atoms with van der Waals surface area (Å²) >= 11 is 1.49. The average molecular weight is 414 g/mol. The van der Waals surface area contributed by atoms with Gasteiger partial charge < -0.3 is 9.83 Å². The van der Waals surface area contributed by atoms with Gasteiger partial charge in [-0.25, -0.2) is 4.98 Å². The van der Waals surface area contributed by atoms with Crippen molar-refractivity contribution in [3.05, 3.63) is 83.7 Å². The minimum atomic E-state index is 0.0203. The third-order valence-electron chi connectivity index (χ3n) is 4.66. The van der Waals surface area contributed by atoms with Gasteiger partial charge >= 0.3 is 0 Å². The second kappa shape index (κ2) is 8.31. The lowest BCUT2D eigenvalue weighted by atomic mass is 10.0. The predicted octanol–water partition coefficient (Wildman–Crippen LogP) is 5.25. The van der Waals surface area contributed by atoms with E-state index in [1.54, 1.807) is 30.5 Å². The molecule has 2 aromatic carbocycles. The number of anilines is 1. The van der Waals surface area contributed by atoms with Gasteiger partial charge in [0.2, 0.25) is 5.88 Å².